The van der Waals surface area contributed by atoms with E-state index < -0.39 is 5.91 Å². The molecular formula is C13H11ClN4OS. The number of anilines is 2. The van der Waals surface area contributed by atoms with Gasteiger partial charge in [-0.25, -0.2) is 0 Å². The average Bonchev–Trinajstić information content (AvgIpc) is 2.74. The zero-order valence-corrected chi connectivity index (χ0v) is 11.9. The molecule has 0 aliphatic heterocycles. The van der Waals surface area contributed by atoms with Crippen molar-refractivity contribution in [1.29, 1.82) is 5.26 Å². The Labute approximate surface area is 124 Å². The van der Waals surface area contributed by atoms with Crippen molar-refractivity contribution < 1.29 is 4.79 Å². The van der Waals surface area contributed by atoms with E-state index in [1.807, 2.05) is 18.2 Å². The largest absolute Gasteiger partial charge is 0.396 e. The van der Waals surface area contributed by atoms with Gasteiger partial charge in [-0.3, -0.25) is 4.79 Å². The van der Waals surface area contributed by atoms with Gasteiger partial charge in [0.25, 0.3) is 5.91 Å². The summed E-state index contributed by atoms with van der Waals surface area (Å²) in [5.41, 5.74) is 12.3. The van der Waals surface area contributed by atoms with Crippen LogP contribution in [0.4, 0.5) is 10.7 Å². The maximum atomic E-state index is 11.4. The standard InChI is InChI=1S/C13H11ClN4OS/c14-8-3-1-7(2-4-8)6-18-13-10(12(17)19)11(16)9(5-15)20-13/h1-4,18H,6,16H2,(H2,17,19). The second-order valence-corrected chi connectivity index (χ2v) is 5.46. The maximum Gasteiger partial charge on any atom is 0.253 e. The first-order valence-electron chi connectivity index (χ1n) is 5.63. The number of nitriles is 1. The first-order chi connectivity index (χ1) is 9.52. The van der Waals surface area contributed by atoms with Crippen LogP contribution in [0.15, 0.2) is 24.3 Å². The zero-order valence-electron chi connectivity index (χ0n) is 10.3. The quantitative estimate of drug-likeness (QED) is 0.807. The molecule has 1 aromatic carbocycles. The molecule has 2 rings (SSSR count). The van der Waals surface area contributed by atoms with E-state index >= 15 is 0 Å². The topological polar surface area (TPSA) is 105 Å². The van der Waals surface area contributed by atoms with Crippen LogP contribution in [-0.4, -0.2) is 5.91 Å². The van der Waals surface area contributed by atoms with Crippen LogP contribution in [0.3, 0.4) is 0 Å². The van der Waals surface area contributed by atoms with Crippen LogP contribution >= 0.6 is 22.9 Å². The molecule has 20 heavy (non-hydrogen) atoms. The van der Waals surface area contributed by atoms with Crippen molar-refractivity contribution in [2.75, 3.05) is 11.1 Å². The van der Waals surface area contributed by atoms with Gasteiger partial charge in [-0.15, -0.1) is 11.3 Å². The van der Waals surface area contributed by atoms with Crippen molar-refractivity contribution >= 4 is 39.5 Å². The molecule has 7 heteroatoms. The summed E-state index contributed by atoms with van der Waals surface area (Å²) in [5, 5.41) is 13.2. The number of hydrogen-bond acceptors (Lipinski definition) is 5. The molecule has 102 valence electrons. The molecule has 1 heterocycles. The lowest BCUT2D eigenvalue weighted by Gasteiger charge is -2.06. The van der Waals surface area contributed by atoms with Crippen molar-refractivity contribution in [1.82, 2.24) is 0 Å². The average molecular weight is 307 g/mol. The highest BCUT2D eigenvalue weighted by Gasteiger charge is 2.19. The third-order valence-electron chi connectivity index (χ3n) is 2.66. The third-order valence-corrected chi connectivity index (χ3v) is 3.98. The molecule has 0 aliphatic carbocycles. The predicted molar refractivity (Wildman–Crippen MR) is 80.7 cm³/mol. The van der Waals surface area contributed by atoms with Gasteiger partial charge >= 0.3 is 0 Å². The van der Waals surface area contributed by atoms with Gasteiger partial charge in [0.1, 0.15) is 15.9 Å². The second-order valence-electron chi connectivity index (χ2n) is 4.01. The molecule has 0 bridgehead atoms. The number of nitrogens with zero attached hydrogens (tertiary/aromatic N) is 1. The number of primary amides is 1. The fourth-order valence-electron chi connectivity index (χ4n) is 1.68. The smallest absolute Gasteiger partial charge is 0.253 e. The minimum absolute atomic E-state index is 0.128. The molecule has 5 N–H and O–H groups in total. The monoisotopic (exact) mass is 306 g/mol. The molecule has 0 unspecified atom stereocenters. The van der Waals surface area contributed by atoms with E-state index in [0.29, 0.717) is 16.6 Å². The first kappa shape index (κ1) is 14.2. The van der Waals surface area contributed by atoms with Crippen molar-refractivity contribution in [2.45, 2.75) is 6.54 Å². The zero-order chi connectivity index (χ0) is 14.7. The number of rotatable bonds is 4. The van der Waals surface area contributed by atoms with E-state index in [1.165, 1.54) is 0 Å². The van der Waals surface area contributed by atoms with Crippen LogP contribution in [0.2, 0.25) is 5.02 Å². The minimum Gasteiger partial charge on any atom is -0.396 e. The third kappa shape index (κ3) is 2.85. The fourth-order valence-corrected chi connectivity index (χ4v) is 2.73. The molecule has 0 saturated heterocycles. The van der Waals surface area contributed by atoms with E-state index in [1.54, 1.807) is 12.1 Å². The van der Waals surface area contributed by atoms with Gasteiger partial charge in [0, 0.05) is 11.6 Å². The van der Waals surface area contributed by atoms with Gasteiger partial charge in [-0.1, -0.05) is 23.7 Å². The number of hydrogen-bond donors (Lipinski definition) is 3. The van der Waals surface area contributed by atoms with Crippen LogP contribution in [0.5, 0.6) is 0 Å². The summed E-state index contributed by atoms with van der Waals surface area (Å²) in [4.78, 5) is 11.7. The molecule has 1 amide bonds. The highest BCUT2D eigenvalue weighted by molar-refractivity contribution is 7.17. The van der Waals surface area contributed by atoms with Crippen LogP contribution in [-0.2, 0) is 6.54 Å². The number of nitrogens with one attached hydrogen (secondary N) is 1. The number of nitrogens with two attached hydrogens (primary N) is 2. The number of amides is 1. The Morgan fingerprint density at radius 1 is 1.40 bits per heavy atom. The lowest BCUT2D eigenvalue weighted by Crippen LogP contribution is -2.14. The molecule has 0 aliphatic rings. The molecule has 2 aromatic rings. The molecular weight excluding hydrogens is 296 g/mol. The number of carbonyl (C=O) groups is 1. The second kappa shape index (κ2) is 5.82. The summed E-state index contributed by atoms with van der Waals surface area (Å²) in [6.07, 6.45) is 0. The Morgan fingerprint density at radius 3 is 2.60 bits per heavy atom. The van der Waals surface area contributed by atoms with E-state index in [9.17, 15) is 4.79 Å². The molecule has 0 saturated carbocycles. The Kier molecular flexibility index (Phi) is 4.13. The Morgan fingerprint density at radius 2 is 2.05 bits per heavy atom. The van der Waals surface area contributed by atoms with Crippen molar-refractivity contribution in [3.8, 4) is 6.07 Å². The van der Waals surface area contributed by atoms with Crippen LogP contribution < -0.4 is 16.8 Å². The Balaban J connectivity index is 2.23. The normalized spacial score (nSPS) is 10.0. The molecule has 5 nitrogen and oxygen atoms in total. The van der Waals surface area contributed by atoms with Crippen molar-refractivity contribution in [3.63, 3.8) is 0 Å². The fraction of sp³-hybridized carbons (Fsp3) is 0.0769. The number of benzene rings is 1. The molecule has 0 radical (unpaired) electrons. The van der Waals surface area contributed by atoms with Crippen LogP contribution in [0, 0.1) is 11.3 Å². The van der Waals surface area contributed by atoms with Gasteiger partial charge in [-0.2, -0.15) is 5.26 Å². The first-order valence-corrected chi connectivity index (χ1v) is 6.83. The molecule has 0 atom stereocenters. The number of nitrogen functional groups attached to an aromatic ring is 1. The summed E-state index contributed by atoms with van der Waals surface area (Å²) < 4.78 is 0. The highest BCUT2D eigenvalue weighted by atomic mass is 35.5. The Bertz CT molecular complexity index is 688. The lowest BCUT2D eigenvalue weighted by atomic mass is 10.2. The van der Waals surface area contributed by atoms with E-state index in [4.69, 9.17) is 28.3 Å². The summed E-state index contributed by atoms with van der Waals surface area (Å²) in [6, 6.07) is 9.22. The SMILES string of the molecule is N#Cc1sc(NCc2ccc(Cl)cc2)c(C(N)=O)c1N. The van der Waals surface area contributed by atoms with Gasteiger partial charge in [0.05, 0.1) is 11.3 Å². The maximum absolute atomic E-state index is 11.4. The predicted octanol–water partition coefficient (Wildman–Crippen LogP) is 2.57. The summed E-state index contributed by atoms with van der Waals surface area (Å²) >= 11 is 6.92. The molecule has 1 aromatic heterocycles. The Hall–Kier alpha value is -2.23. The van der Waals surface area contributed by atoms with Crippen LogP contribution in [0.25, 0.3) is 0 Å². The number of thiophene rings is 1. The number of carbonyl (C=O) groups excluding carboxylic acids is 1. The van der Waals surface area contributed by atoms with Crippen LogP contribution in [0.1, 0.15) is 20.8 Å². The summed E-state index contributed by atoms with van der Waals surface area (Å²) in [7, 11) is 0. The number of halogens is 1. The van der Waals surface area contributed by atoms with Gasteiger partial charge in [-0.05, 0) is 17.7 Å². The lowest BCUT2D eigenvalue weighted by molar-refractivity contribution is 0.100. The van der Waals surface area contributed by atoms with Crippen molar-refractivity contribution in [2.24, 2.45) is 5.73 Å². The molecule has 0 spiro atoms. The van der Waals surface area contributed by atoms with Gasteiger partial charge in [0.15, 0.2) is 0 Å². The van der Waals surface area contributed by atoms with Crippen molar-refractivity contribution in [3.05, 3.63) is 45.3 Å². The van der Waals surface area contributed by atoms with E-state index in [-0.39, 0.29) is 16.1 Å². The van der Waals surface area contributed by atoms with E-state index in [0.717, 1.165) is 16.9 Å². The summed E-state index contributed by atoms with van der Waals surface area (Å²) in [5.74, 6) is -0.654. The minimum atomic E-state index is -0.654. The van der Waals surface area contributed by atoms with Gasteiger partial charge < -0.3 is 16.8 Å². The summed E-state index contributed by atoms with van der Waals surface area (Å²) in [6.45, 7) is 0.474. The molecule has 0 fully saturated rings. The van der Waals surface area contributed by atoms with E-state index in [2.05, 4.69) is 5.32 Å². The van der Waals surface area contributed by atoms with Gasteiger partial charge in [0.2, 0.25) is 0 Å². The highest BCUT2D eigenvalue weighted by Crippen LogP contribution is 2.35.